The molecule has 0 bridgehead atoms. The molecule has 0 aromatic heterocycles. The normalized spacial score (nSPS) is 11.1. The molecule has 1 rings (SSSR count). The van der Waals surface area contributed by atoms with Crippen molar-refractivity contribution in [3.8, 4) is 12.3 Å². The van der Waals surface area contributed by atoms with Gasteiger partial charge in [0.15, 0.2) is 0 Å². The molecule has 0 saturated heterocycles. The number of terminal acetylenes is 1. The smallest absolute Gasteiger partial charge is 0.251 e. The average Bonchev–Trinajstić information content (AvgIpc) is 2.42. The van der Waals surface area contributed by atoms with Crippen LogP contribution in [0.25, 0.3) is 0 Å². The van der Waals surface area contributed by atoms with Gasteiger partial charge >= 0.3 is 0 Å². The van der Waals surface area contributed by atoms with Crippen LogP contribution >= 0.6 is 0 Å². The lowest BCUT2D eigenvalue weighted by Gasteiger charge is -2.08. The zero-order valence-corrected chi connectivity index (χ0v) is 12.3. The van der Waals surface area contributed by atoms with Crippen molar-refractivity contribution in [2.75, 3.05) is 13.1 Å². The summed E-state index contributed by atoms with van der Waals surface area (Å²) in [5, 5.41) is 2.76. The number of benzene rings is 1. The van der Waals surface area contributed by atoms with E-state index >= 15 is 0 Å². The average molecular weight is 294 g/mol. The molecular weight excluding hydrogens is 276 g/mol. The molecule has 0 aliphatic rings. The van der Waals surface area contributed by atoms with E-state index in [-0.39, 0.29) is 17.3 Å². The highest BCUT2D eigenvalue weighted by Crippen LogP contribution is 2.10. The number of sulfonamides is 1. The van der Waals surface area contributed by atoms with Crippen LogP contribution in [0.15, 0.2) is 29.2 Å². The van der Waals surface area contributed by atoms with Gasteiger partial charge in [0.2, 0.25) is 10.0 Å². The molecule has 0 fully saturated rings. The Morgan fingerprint density at radius 3 is 2.40 bits per heavy atom. The Morgan fingerprint density at radius 1 is 1.30 bits per heavy atom. The predicted molar refractivity (Wildman–Crippen MR) is 77.6 cm³/mol. The Bertz CT molecular complexity index is 598. The second-order valence-corrected chi connectivity index (χ2v) is 6.42. The number of hydrogen-bond donors (Lipinski definition) is 2. The van der Waals surface area contributed by atoms with Crippen LogP contribution in [0.2, 0.25) is 0 Å². The van der Waals surface area contributed by atoms with Crippen LogP contribution in [-0.2, 0) is 10.0 Å². The third-order valence-corrected chi connectivity index (χ3v) is 3.88. The molecule has 6 heteroatoms. The van der Waals surface area contributed by atoms with E-state index in [4.69, 9.17) is 6.42 Å². The number of nitrogens with one attached hydrogen (secondary N) is 2. The van der Waals surface area contributed by atoms with Gasteiger partial charge in [-0.15, -0.1) is 6.42 Å². The van der Waals surface area contributed by atoms with Crippen molar-refractivity contribution in [2.45, 2.75) is 18.7 Å². The maximum atomic E-state index is 11.8. The highest BCUT2D eigenvalue weighted by atomic mass is 32.2. The summed E-state index contributed by atoms with van der Waals surface area (Å²) >= 11 is 0. The highest BCUT2D eigenvalue weighted by Gasteiger charge is 2.14. The third kappa shape index (κ3) is 4.68. The summed E-state index contributed by atoms with van der Waals surface area (Å²) in [5.74, 6) is 2.33. The van der Waals surface area contributed by atoms with E-state index in [0.29, 0.717) is 18.0 Å². The zero-order chi connectivity index (χ0) is 15.2. The minimum absolute atomic E-state index is 0.0705. The number of carbonyl (C=O) groups excluding carboxylic acids is 1. The summed E-state index contributed by atoms with van der Waals surface area (Å²) in [7, 11) is -3.61. The second kappa shape index (κ2) is 7.08. The van der Waals surface area contributed by atoms with Crippen LogP contribution in [0, 0.1) is 18.3 Å². The molecule has 0 spiro atoms. The molecule has 0 aliphatic carbocycles. The van der Waals surface area contributed by atoms with Gasteiger partial charge < -0.3 is 5.32 Å². The Morgan fingerprint density at radius 2 is 1.90 bits per heavy atom. The van der Waals surface area contributed by atoms with Crippen LogP contribution in [0.5, 0.6) is 0 Å². The molecule has 0 radical (unpaired) electrons. The van der Waals surface area contributed by atoms with E-state index in [1.807, 2.05) is 13.8 Å². The molecule has 0 aliphatic heterocycles. The van der Waals surface area contributed by atoms with Crippen LogP contribution in [-0.4, -0.2) is 27.4 Å². The Labute approximate surface area is 119 Å². The van der Waals surface area contributed by atoms with Gasteiger partial charge in [-0.3, -0.25) is 4.79 Å². The van der Waals surface area contributed by atoms with Crippen molar-refractivity contribution in [3.63, 3.8) is 0 Å². The molecule has 1 aromatic rings. The first-order valence-electron chi connectivity index (χ1n) is 6.18. The molecule has 1 amide bonds. The molecule has 0 atom stereocenters. The lowest BCUT2D eigenvalue weighted by atomic mass is 10.2. The molecule has 20 heavy (non-hydrogen) atoms. The van der Waals surface area contributed by atoms with Gasteiger partial charge in [0.1, 0.15) is 0 Å². The number of carbonyl (C=O) groups is 1. The van der Waals surface area contributed by atoms with Gasteiger partial charge in [-0.25, -0.2) is 8.42 Å². The SMILES string of the molecule is C#CCNS(=O)(=O)c1ccc(C(=O)NCC(C)C)cc1. The predicted octanol–water partition coefficient (Wildman–Crippen LogP) is 0.984. The first-order chi connectivity index (χ1) is 9.36. The Kier molecular flexibility index (Phi) is 5.74. The quantitative estimate of drug-likeness (QED) is 0.768. The van der Waals surface area contributed by atoms with Gasteiger partial charge in [-0.1, -0.05) is 19.8 Å². The van der Waals surface area contributed by atoms with Crippen molar-refractivity contribution in [1.82, 2.24) is 10.0 Å². The largest absolute Gasteiger partial charge is 0.352 e. The van der Waals surface area contributed by atoms with E-state index in [9.17, 15) is 13.2 Å². The van der Waals surface area contributed by atoms with Crippen molar-refractivity contribution in [1.29, 1.82) is 0 Å². The summed E-state index contributed by atoms with van der Waals surface area (Å²) in [6, 6.07) is 5.70. The van der Waals surface area contributed by atoms with Crippen molar-refractivity contribution in [3.05, 3.63) is 29.8 Å². The maximum absolute atomic E-state index is 11.8. The highest BCUT2D eigenvalue weighted by molar-refractivity contribution is 7.89. The monoisotopic (exact) mass is 294 g/mol. The lowest BCUT2D eigenvalue weighted by molar-refractivity contribution is 0.0949. The second-order valence-electron chi connectivity index (χ2n) is 4.66. The van der Waals surface area contributed by atoms with Crippen molar-refractivity contribution in [2.24, 2.45) is 5.92 Å². The molecule has 1 aromatic carbocycles. The molecule has 5 nitrogen and oxygen atoms in total. The van der Waals surface area contributed by atoms with Crippen LogP contribution in [0.3, 0.4) is 0 Å². The molecule has 0 heterocycles. The molecule has 108 valence electrons. The Balaban J connectivity index is 2.79. The van der Waals surface area contributed by atoms with Gasteiger partial charge in [0.05, 0.1) is 11.4 Å². The minimum atomic E-state index is -3.61. The fourth-order valence-corrected chi connectivity index (χ4v) is 2.34. The number of hydrogen-bond acceptors (Lipinski definition) is 3. The topological polar surface area (TPSA) is 75.3 Å². The first kappa shape index (κ1) is 16.2. The summed E-state index contributed by atoms with van der Waals surface area (Å²) in [5.41, 5.74) is 0.418. The zero-order valence-electron chi connectivity index (χ0n) is 11.5. The first-order valence-corrected chi connectivity index (χ1v) is 7.66. The van der Waals surface area contributed by atoms with E-state index < -0.39 is 10.0 Å². The van der Waals surface area contributed by atoms with Gasteiger partial charge in [0.25, 0.3) is 5.91 Å². The summed E-state index contributed by atoms with van der Waals surface area (Å²) in [6.45, 7) is 4.49. The molecular formula is C14H18N2O3S. The van der Waals surface area contributed by atoms with Crippen molar-refractivity contribution >= 4 is 15.9 Å². The third-order valence-electron chi connectivity index (χ3n) is 2.46. The minimum Gasteiger partial charge on any atom is -0.352 e. The summed E-state index contributed by atoms with van der Waals surface area (Å²) in [4.78, 5) is 11.9. The fraction of sp³-hybridized carbons (Fsp3) is 0.357. The molecule has 0 saturated carbocycles. The van der Waals surface area contributed by atoms with E-state index in [1.165, 1.54) is 24.3 Å². The number of rotatable bonds is 6. The summed E-state index contributed by atoms with van der Waals surface area (Å²) < 4.78 is 25.8. The van der Waals surface area contributed by atoms with Crippen LogP contribution in [0.1, 0.15) is 24.2 Å². The van der Waals surface area contributed by atoms with Crippen molar-refractivity contribution < 1.29 is 13.2 Å². The maximum Gasteiger partial charge on any atom is 0.251 e. The lowest BCUT2D eigenvalue weighted by Crippen LogP contribution is -2.27. The van der Waals surface area contributed by atoms with Gasteiger partial charge in [-0.05, 0) is 30.2 Å². The summed E-state index contributed by atoms with van der Waals surface area (Å²) in [6.07, 6.45) is 5.01. The van der Waals surface area contributed by atoms with E-state index in [2.05, 4.69) is 16.0 Å². The van der Waals surface area contributed by atoms with E-state index in [1.54, 1.807) is 0 Å². The van der Waals surface area contributed by atoms with Crippen LogP contribution in [0.4, 0.5) is 0 Å². The molecule has 2 N–H and O–H groups in total. The molecule has 0 unspecified atom stereocenters. The fourth-order valence-electron chi connectivity index (χ4n) is 1.40. The van der Waals surface area contributed by atoms with Gasteiger partial charge in [-0.2, -0.15) is 4.72 Å². The Hall–Kier alpha value is -1.84. The van der Waals surface area contributed by atoms with E-state index in [0.717, 1.165) is 0 Å². The van der Waals surface area contributed by atoms with Gasteiger partial charge in [0, 0.05) is 12.1 Å². The van der Waals surface area contributed by atoms with Crippen LogP contribution < -0.4 is 10.0 Å². The standard InChI is InChI=1S/C14H18N2O3S/c1-4-9-16-20(18,19)13-7-5-12(6-8-13)14(17)15-10-11(2)3/h1,5-8,11,16H,9-10H2,2-3H3,(H,15,17). The number of amides is 1.